The smallest absolute Gasteiger partial charge is 0.243 e. The molecule has 1 fully saturated rings. The second kappa shape index (κ2) is 9.99. The molecule has 0 spiro atoms. The number of hydrogen-bond acceptors (Lipinski definition) is 5. The molecule has 0 aromatic heterocycles. The van der Waals surface area contributed by atoms with E-state index in [1.54, 1.807) is 25.3 Å². The molecule has 0 bridgehead atoms. The number of carbonyl (C=O) groups is 2. The van der Waals surface area contributed by atoms with Crippen LogP contribution in [0.25, 0.3) is 0 Å². The number of nitrogens with one attached hydrogen (secondary N) is 1. The van der Waals surface area contributed by atoms with E-state index < -0.39 is 29.5 Å². The zero-order valence-electron chi connectivity index (χ0n) is 18.6. The number of amides is 2. The molecule has 1 saturated heterocycles. The Morgan fingerprint density at radius 1 is 1.24 bits per heavy atom. The summed E-state index contributed by atoms with van der Waals surface area (Å²) in [7, 11) is 1.58. The van der Waals surface area contributed by atoms with Crippen molar-refractivity contribution in [1.29, 1.82) is 0 Å². The van der Waals surface area contributed by atoms with Crippen molar-refractivity contribution in [3.05, 3.63) is 71.0 Å². The highest BCUT2D eigenvalue weighted by Gasteiger charge is 2.42. The Bertz CT molecular complexity index is 1020. The van der Waals surface area contributed by atoms with E-state index >= 15 is 0 Å². The zero-order chi connectivity index (χ0) is 23.4. The molecule has 0 saturated carbocycles. The molecule has 4 rings (SSSR count). The maximum Gasteiger partial charge on any atom is 0.243 e. The van der Waals surface area contributed by atoms with Gasteiger partial charge in [0, 0.05) is 20.1 Å². The van der Waals surface area contributed by atoms with Gasteiger partial charge in [-0.2, -0.15) is 0 Å². The second-order valence-electron chi connectivity index (χ2n) is 8.62. The molecule has 3 atom stereocenters. The van der Waals surface area contributed by atoms with Crippen LogP contribution in [0.2, 0.25) is 0 Å². The normalized spacial score (nSPS) is 24.4. The van der Waals surface area contributed by atoms with Gasteiger partial charge in [-0.1, -0.05) is 42.5 Å². The van der Waals surface area contributed by atoms with E-state index in [1.807, 2.05) is 24.3 Å². The standard InChI is InChI=1S/C25H29FN2O5/c1-32-16-25(20-8-4-2-6-17(20)10-11-33-25)15-27-24(31)22-13-19(29)14-28(22)23(30)12-18-7-3-5-9-21(18)26/h2-9,19,22,29H,10-16H2,1H3,(H,27,31). The Kier molecular flexibility index (Phi) is 7.07. The fourth-order valence-corrected chi connectivity index (χ4v) is 4.76. The van der Waals surface area contributed by atoms with Gasteiger partial charge in [-0.15, -0.1) is 0 Å². The second-order valence-corrected chi connectivity index (χ2v) is 8.62. The highest BCUT2D eigenvalue weighted by molar-refractivity contribution is 5.89. The van der Waals surface area contributed by atoms with Gasteiger partial charge in [0.25, 0.3) is 0 Å². The quantitative estimate of drug-likeness (QED) is 0.660. The molecule has 2 aliphatic rings. The van der Waals surface area contributed by atoms with Crippen LogP contribution in [0.15, 0.2) is 48.5 Å². The van der Waals surface area contributed by atoms with Gasteiger partial charge in [-0.25, -0.2) is 4.39 Å². The minimum Gasteiger partial charge on any atom is -0.391 e. The van der Waals surface area contributed by atoms with Crippen molar-refractivity contribution in [3.63, 3.8) is 0 Å². The highest BCUT2D eigenvalue weighted by Crippen LogP contribution is 2.33. The third kappa shape index (κ3) is 4.93. The number of halogens is 1. The molecule has 3 unspecified atom stereocenters. The number of benzene rings is 2. The summed E-state index contributed by atoms with van der Waals surface area (Å²) in [5.74, 6) is -1.25. The number of ether oxygens (including phenoxy) is 2. The molecule has 2 heterocycles. The highest BCUT2D eigenvalue weighted by atomic mass is 19.1. The number of hydrogen-bond donors (Lipinski definition) is 2. The number of β-amino-alcohol motifs (C(OH)–C–C–N with tert-alkyl or cyclic N) is 1. The molecule has 2 aromatic carbocycles. The van der Waals surface area contributed by atoms with Gasteiger partial charge in [0.2, 0.25) is 11.8 Å². The summed E-state index contributed by atoms with van der Waals surface area (Å²) < 4.78 is 25.6. The van der Waals surface area contributed by atoms with Gasteiger partial charge in [0.05, 0.1) is 32.3 Å². The van der Waals surface area contributed by atoms with Crippen LogP contribution in [0.1, 0.15) is 23.1 Å². The van der Waals surface area contributed by atoms with Crippen molar-refractivity contribution in [1.82, 2.24) is 10.2 Å². The van der Waals surface area contributed by atoms with Crippen molar-refractivity contribution in [3.8, 4) is 0 Å². The van der Waals surface area contributed by atoms with Crippen molar-refractivity contribution >= 4 is 11.8 Å². The topological polar surface area (TPSA) is 88.1 Å². The monoisotopic (exact) mass is 456 g/mol. The Hall–Kier alpha value is -2.81. The minimum absolute atomic E-state index is 0.0356. The van der Waals surface area contributed by atoms with E-state index in [0.29, 0.717) is 6.61 Å². The predicted molar refractivity (Wildman–Crippen MR) is 119 cm³/mol. The molecule has 7 nitrogen and oxygen atoms in total. The van der Waals surface area contributed by atoms with Crippen LogP contribution in [0.4, 0.5) is 4.39 Å². The molecular weight excluding hydrogens is 427 g/mol. The van der Waals surface area contributed by atoms with Gasteiger partial charge < -0.3 is 24.8 Å². The Morgan fingerprint density at radius 3 is 2.79 bits per heavy atom. The number of methoxy groups -OCH3 is 1. The maximum absolute atomic E-state index is 14.0. The van der Waals surface area contributed by atoms with Crippen molar-refractivity contribution < 1.29 is 28.6 Å². The van der Waals surface area contributed by atoms with Crippen molar-refractivity contribution in [2.45, 2.75) is 37.0 Å². The molecule has 2 amide bonds. The van der Waals surface area contributed by atoms with E-state index in [0.717, 1.165) is 17.5 Å². The Labute approximate surface area is 192 Å². The molecule has 0 radical (unpaired) electrons. The lowest BCUT2D eigenvalue weighted by molar-refractivity contribution is -0.140. The van der Waals surface area contributed by atoms with Crippen LogP contribution >= 0.6 is 0 Å². The zero-order valence-corrected chi connectivity index (χ0v) is 18.6. The van der Waals surface area contributed by atoms with Gasteiger partial charge in [0.1, 0.15) is 17.5 Å². The Balaban J connectivity index is 1.47. The summed E-state index contributed by atoms with van der Waals surface area (Å²) in [6, 6.07) is 13.1. The number of aliphatic hydroxyl groups is 1. The van der Waals surface area contributed by atoms with Crippen molar-refractivity contribution in [2.75, 3.05) is 33.4 Å². The van der Waals surface area contributed by atoms with E-state index in [1.165, 1.54) is 11.0 Å². The first kappa shape index (κ1) is 23.4. The summed E-state index contributed by atoms with van der Waals surface area (Å²) in [4.78, 5) is 27.4. The minimum atomic E-state index is -0.835. The van der Waals surface area contributed by atoms with Crippen LogP contribution in [0.3, 0.4) is 0 Å². The maximum atomic E-state index is 14.0. The van der Waals surface area contributed by atoms with Crippen LogP contribution in [0, 0.1) is 5.82 Å². The van der Waals surface area contributed by atoms with Gasteiger partial charge >= 0.3 is 0 Å². The average molecular weight is 457 g/mol. The summed E-state index contributed by atoms with van der Waals surface area (Å²) in [6.45, 7) is 0.964. The third-order valence-corrected chi connectivity index (χ3v) is 6.39. The first-order chi connectivity index (χ1) is 15.9. The summed E-state index contributed by atoms with van der Waals surface area (Å²) in [6.07, 6.45) is -0.0792. The lowest BCUT2D eigenvalue weighted by atomic mass is 9.86. The van der Waals surface area contributed by atoms with Crippen molar-refractivity contribution in [2.24, 2.45) is 0 Å². The van der Waals surface area contributed by atoms with Crippen LogP contribution in [0.5, 0.6) is 0 Å². The molecule has 8 heteroatoms. The predicted octanol–water partition coefficient (Wildman–Crippen LogP) is 1.56. The van der Waals surface area contributed by atoms with Crippen LogP contribution in [-0.2, 0) is 37.5 Å². The molecule has 2 aliphatic heterocycles. The number of carbonyl (C=O) groups excluding carboxylic acids is 2. The van der Waals surface area contributed by atoms with E-state index in [4.69, 9.17) is 9.47 Å². The fraction of sp³-hybridized carbons (Fsp3) is 0.440. The van der Waals surface area contributed by atoms with Crippen LogP contribution in [-0.4, -0.2) is 67.4 Å². The third-order valence-electron chi connectivity index (χ3n) is 6.39. The number of likely N-dealkylation sites (tertiary alicyclic amines) is 1. The van der Waals surface area contributed by atoms with E-state index in [2.05, 4.69) is 5.32 Å². The molecular formula is C25H29FN2O5. The SMILES string of the molecule is COCC1(CNC(=O)C2CC(O)CN2C(=O)Cc2ccccc2F)OCCc2ccccc21. The van der Waals surface area contributed by atoms with Gasteiger partial charge in [-0.3, -0.25) is 9.59 Å². The number of aliphatic hydroxyl groups excluding tert-OH is 1. The summed E-state index contributed by atoms with van der Waals surface area (Å²) >= 11 is 0. The lowest BCUT2D eigenvalue weighted by Crippen LogP contribution is -2.53. The first-order valence-corrected chi connectivity index (χ1v) is 11.1. The van der Waals surface area contributed by atoms with Crippen LogP contribution < -0.4 is 5.32 Å². The van der Waals surface area contributed by atoms with Gasteiger partial charge in [0.15, 0.2) is 0 Å². The molecule has 2 aromatic rings. The molecule has 33 heavy (non-hydrogen) atoms. The largest absolute Gasteiger partial charge is 0.391 e. The number of nitrogens with zero attached hydrogens (tertiary/aromatic N) is 1. The van der Waals surface area contributed by atoms with E-state index in [-0.39, 0.29) is 44.0 Å². The van der Waals surface area contributed by atoms with Gasteiger partial charge in [-0.05, 0) is 29.2 Å². The lowest BCUT2D eigenvalue weighted by Gasteiger charge is -2.39. The number of fused-ring (bicyclic) bond motifs is 1. The Morgan fingerprint density at radius 2 is 2.00 bits per heavy atom. The fourth-order valence-electron chi connectivity index (χ4n) is 4.76. The first-order valence-electron chi connectivity index (χ1n) is 11.1. The molecule has 176 valence electrons. The van der Waals surface area contributed by atoms with E-state index in [9.17, 15) is 19.1 Å². The average Bonchev–Trinajstić information content (AvgIpc) is 3.21. The number of rotatable bonds is 7. The molecule has 0 aliphatic carbocycles. The molecule has 2 N–H and O–H groups in total. The summed E-state index contributed by atoms with van der Waals surface area (Å²) in [5, 5.41) is 13.1. The summed E-state index contributed by atoms with van der Waals surface area (Å²) in [5.41, 5.74) is 1.54.